The van der Waals surface area contributed by atoms with E-state index in [4.69, 9.17) is 0 Å². The molecular formula is C12H14N3S+. The molecule has 0 unspecified atom stereocenters. The molecule has 1 aromatic carbocycles. The molecule has 1 saturated heterocycles. The molecule has 1 aliphatic rings. The quantitative estimate of drug-likeness (QED) is 0.699. The van der Waals surface area contributed by atoms with E-state index in [1.54, 1.807) is 11.5 Å². The van der Waals surface area contributed by atoms with Gasteiger partial charge in [0, 0.05) is 5.39 Å². The number of hydrogen-bond donors (Lipinski definition) is 0. The van der Waals surface area contributed by atoms with Crippen LogP contribution in [0.15, 0.2) is 24.3 Å². The van der Waals surface area contributed by atoms with Crippen molar-refractivity contribution in [2.75, 3.05) is 31.1 Å². The zero-order valence-electron chi connectivity index (χ0n) is 9.09. The van der Waals surface area contributed by atoms with Gasteiger partial charge in [-0.1, -0.05) is 12.1 Å². The number of benzene rings is 1. The summed E-state index contributed by atoms with van der Waals surface area (Å²) in [5.41, 5.74) is 0. The van der Waals surface area contributed by atoms with Crippen LogP contribution in [0.5, 0.6) is 0 Å². The Morgan fingerprint density at radius 2 is 2.00 bits per heavy atom. The van der Waals surface area contributed by atoms with E-state index in [0.29, 0.717) is 0 Å². The molecule has 0 radical (unpaired) electrons. The highest BCUT2D eigenvalue weighted by atomic mass is 32.1. The Balaban J connectivity index is 1.97. The highest BCUT2D eigenvalue weighted by Crippen LogP contribution is 2.29. The predicted molar refractivity (Wildman–Crippen MR) is 68.9 cm³/mol. The molecule has 3 nitrogen and oxygen atoms in total. The van der Waals surface area contributed by atoms with Crippen LogP contribution >= 0.6 is 11.5 Å². The van der Waals surface area contributed by atoms with Crippen LogP contribution < -0.4 is 4.90 Å². The molecule has 0 spiro atoms. The van der Waals surface area contributed by atoms with Gasteiger partial charge in [-0.25, -0.2) is 4.58 Å². The van der Waals surface area contributed by atoms with Crippen LogP contribution in [-0.2, 0) is 0 Å². The summed E-state index contributed by atoms with van der Waals surface area (Å²) in [6.07, 6.45) is 0. The Bertz CT molecular complexity index is 522. The van der Waals surface area contributed by atoms with Gasteiger partial charge >= 0.3 is 0 Å². The first-order chi connectivity index (χ1) is 7.84. The van der Waals surface area contributed by atoms with Crippen molar-refractivity contribution < 1.29 is 4.58 Å². The molecule has 2 heterocycles. The van der Waals surface area contributed by atoms with Crippen LogP contribution in [0.2, 0.25) is 0 Å². The molecule has 1 fully saturated rings. The third-order valence-electron chi connectivity index (χ3n) is 3.03. The van der Waals surface area contributed by atoms with Crippen molar-refractivity contribution in [3.8, 4) is 0 Å². The van der Waals surface area contributed by atoms with Gasteiger partial charge in [-0.05, 0) is 23.7 Å². The second-order valence-electron chi connectivity index (χ2n) is 4.11. The third-order valence-corrected chi connectivity index (χ3v) is 3.85. The summed E-state index contributed by atoms with van der Waals surface area (Å²) in [5, 5.41) is 1.28. The van der Waals surface area contributed by atoms with E-state index in [0.717, 1.165) is 32.0 Å². The molecule has 0 atom stereocenters. The SMILES string of the molecule is C=[N+]1CCN(c2nsc3ccccc23)CC1. The second-order valence-corrected chi connectivity index (χ2v) is 4.91. The first-order valence-corrected chi connectivity index (χ1v) is 6.27. The smallest absolute Gasteiger partial charge is 0.159 e. The van der Waals surface area contributed by atoms with E-state index in [-0.39, 0.29) is 0 Å². The van der Waals surface area contributed by atoms with Gasteiger partial charge in [-0.3, -0.25) is 0 Å². The van der Waals surface area contributed by atoms with Crippen molar-refractivity contribution in [1.82, 2.24) is 4.37 Å². The lowest BCUT2D eigenvalue weighted by molar-refractivity contribution is -0.521. The average molecular weight is 232 g/mol. The van der Waals surface area contributed by atoms with E-state index < -0.39 is 0 Å². The van der Waals surface area contributed by atoms with Crippen LogP contribution in [0.25, 0.3) is 10.1 Å². The Morgan fingerprint density at radius 1 is 1.25 bits per heavy atom. The maximum absolute atomic E-state index is 4.57. The summed E-state index contributed by atoms with van der Waals surface area (Å²) in [6, 6.07) is 8.44. The molecule has 16 heavy (non-hydrogen) atoms. The summed E-state index contributed by atoms with van der Waals surface area (Å²) in [4.78, 5) is 2.36. The highest BCUT2D eigenvalue weighted by molar-refractivity contribution is 7.13. The summed E-state index contributed by atoms with van der Waals surface area (Å²) >= 11 is 1.59. The molecule has 4 heteroatoms. The maximum Gasteiger partial charge on any atom is 0.159 e. The van der Waals surface area contributed by atoms with E-state index in [1.165, 1.54) is 10.1 Å². The van der Waals surface area contributed by atoms with Gasteiger partial charge < -0.3 is 4.90 Å². The Hall–Kier alpha value is -1.42. The van der Waals surface area contributed by atoms with Crippen molar-refractivity contribution in [1.29, 1.82) is 0 Å². The molecule has 0 bridgehead atoms. The Morgan fingerprint density at radius 3 is 2.81 bits per heavy atom. The number of piperazine rings is 1. The van der Waals surface area contributed by atoms with Gasteiger partial charge in [-0.15, -0.1) is 0 Å². The summed E-state index contributed by atoms with van der Waals surface area (Å²) in [7, 11) is 0. The minimum absolute atomic E-state index is 1.02. The lowest BCUT2D eigenvalue weighted by Gasteiger charge is -2.24. The van der Waals surface area contributed by atoms with Crippen LogP contribution in [-0.4, -0.2) is 41.8 Å². The standard InChI is InChI=1S/C12H14N3S/c1-14-6-8-15(9-7-14)12-10-4-2-3-5-11(10)16-13-12/h2-5H,1,6-9H2/q+1. The van der Waals surface area contributed by atoms with Gasteiger partial charge in [0.05, 0.1) is 17.8 Å². The first-order valence-electron chi connectivity index (χ1n) is 5.49. The zero-order valence-corrected chi connectivity index (χ0v) is 9.91. The molecule has 0 saturated carbocycles. The highest BCUT2D eigenvalue weighted by Gasteiger charge is 2.20. The molecule has 0 aliphatic carbocycles. The third kappa shape index (κ3) is 1.59. The second kappa shape index (κ2) is 3.87. The van der Waals surface area contributed by atoms with Gasteiger partial charge in [0.1, 0.15) is 6.72 Å². The minimum atomic E-state index is 1.02. The summed E-state index contributed by atoms with van der Waals surface area (Å²) < 4.78 is 7.96. The van der Waals surface area contributed by atoms with Crippen LogP contribution in [0, 0.1) is 0 Å². The number of fused-ring (bicyclic) bond motifs is 1. The molecule has 1 aromatic heterocycles. The van der Waals surface area contributed by atoms with Crippen molar-refractivity contribution in [3.05, 3.63) is 24.3 Å². The number of anilines is 1. The number of hydrogen-bond acceptors (Lipinski definition) is 3. The monoisotopic (exact) mass is 232 g/mol. The van der Waals surface area contributed by atoms with Crippen molar-refractivity contribution >= 4 is 34.2 Å². The molecular weight excluding hydrogens is 218 g/mol. The minimum Gasteiger partial charge on any atom is -0.343 e. The van der Waals surface area contributed by atoms with Gasteiger partial charge in [-0.2, -0.15) is 4.37 Å². The summed E-state index contributed by atoms with van der Waals surface area (Å²) in [5.74, 6) is 1.15. The van der Waals surface area contributed by atoms with Crippen LogP contribution in [0.1, 0.15) is 0 Å². The van der Waals surface area contributed by atoms with Gasteiger partial charge in [0.15, 0.2) is 18.9 Å². The molecule has 2 aromatic rings. The van der Waals surface area contributed by atoms with Gasteiger partial charge in [0.2, 0.25) is 0 Å². The molecule has 0 amide bonds. The molecule has 0 N–H and O–H groups in total. The normalized spacial score (nSPS) is 17.0. The predicted octanol–water partition coefficient (Wildman–Crippen LogP) is 1.83. The summed E-state index contributed by atoms with van der Waals surface area (Å²) in [6.45, 7) is 8.05. The average Bonchev–Trinajstić information content (AvgIpc) is 2.74. The number of rotatable bonds is 1. The van der Waals surface area contributed by atoms with Crippen molar-refractivity contribution in [3.63, 3.8) is 0 Å². The van der Waals surface area contributed by atoms with Crippen molar-refractivity contribution in [2.24, 2.45) is 0 Å². The largest absolute Gasteiger partial charge is 0.343 e. The Labute approximate surface area is 98.8 Å². The van der Waals surface area contributed by atoms with E-state index in [1.807, 2.05) is 0 Å². The van der Waals surface area contributed by atoms with Crippen LogP contribution in [0.3, 0.4) is 0 Å². The van der Waals surface area contributed by atoms with Crippen LogP contribution in [0.4, 0.5) is 5.82 Å². The Kier molecular flexibility index (Phi) is 2.36. The topological polar surface area (TPSA) is 19.1 Å². The van der Waals surface area contributed by atoms with E-state index >= 15 is 0 Å². The van der Waals surface area contributed by atoms with E-state index in [2.05, 4.69) is 44.8 Å². The fraction of sp³-hybridized carbons (Fsp3) is 0.333. The first kappa shape index (κ1) is 9.78. The number of aromatic nitrogens is 1. The fourth-order valence-corrected chi connectivity index (χ4v) is 2.86. The molecule has 3 rings (SSSR count). The van der Waals surface area contributed by atoms with Gasteiger partial charge in [0.25, 0.3) is 0 Å². The molecule has 82 valence electrons. The fourth-order valence-electron chi connectivity index (χ4n) is 2.06. The van der Waals surface area contributed by atoms with Crippen molar-refractivity contribution in [2.45, 2.75) is 0 Å². The lowest BCUT2D eigenvalue weighted by atomic mass is 10.2. The zero-order chi connectivity index (χ0) is 11.0. The maximum atomic E-state index is 4.57. The number of nitrogens with zero attached hydrogens (tertiary/aromatic N) is 3. The lowest BCUT2D eigenvalue weighted by Crippen LogP contribution is -2.41. The molecule has 1 aliphatic heterocycles. The van der Waals surface area contributed by atoms with E-state index in [9.17, 15) is 0 Å².